The predicted octanol–water partition coefficient (Wildman–Crippen LogP) is 2.40. The van der Waals surface area contributed by atoms with Crippen LogP contribution in [0.4, 0.5) is 18.9 Å². The zero-order chi connectivity index (χ0) is 20.0. The molecule has 1 saturated heterocycles. The minimum atomic E-state index is -1.55. The van der Waals surface area contributed by atoms with Gasteiger partial charge < -0.3 is 9.80 Å². The third kappa shape index (κ3) is 3.14. The highest BCUT2D eigenvalue weighted by molar-refractivity contribution is 5.95. The number of rotatable bonds is 3. The van der Waals surface area contributed by atoms with Crippen LogP contribution < -0.4 is 4.90 Å². The van der Waals surface area contributed by atoms with Crippen molar-refractivity contribution in [3.05, 3.63) is 47.0 Å². The van der Waals surface area contributed by atoms with Crippen molar-refractivity contribution in [3.8, 4) is 0 Å². The molecule has 1 aromatic carbocycles. The summed E-state index contributed by atoms with van der Waals surface area (Å²) < 4.78 is 41.8. The molecule has 3 heterocycles. The molecule has 0 spiro atoms. The van der Waals surface area contributed by atoms with E-state index in [2.05, 4.69) is 5.10 Å². The fourth-order valence-corrected chi connectivity index (χ4v) is 3.84. The van der Waals surface area contributed by atoms with Crippen molar-refractivity contribution in [1.82, 2.24) is 14.7 Å². The summed E-state index contributed by atoms with van der Waals surface area (Å²) in [6.45, 7) is 3.17. The number of hydrogen-bond donors (Lipinski definition) is 0. The molecule has 6 nitrogen and oxygen atoms in total. The number of amides is 2. The molecule has 9 heteroatoms. The first-order chi connectivity index (χ1) is 13.3. The second-order valence-corrected chi connectivity index (χ2v) is 7.23. The van der Waals surface area contributed by atoms with Gasteiger partial charge in [0.25, 0.3) is 0 Å². The molecule has 2 amide bonds. The van der Waals surface area contributed by atoms with Crippen LogP contribution in [-0.4, -0.2) is 39.1 Å². The topological polar surface area (TPSA) is 58.4 Å². The van der Waals surface area contributed by atoms with E-state index < -0.39 is 17.5 Å². The van der Waals surface area contributed by atoms with E-state index in [9.17, 15) is 22.8 Å². The van der Waals surface area contributed by atoms with Gasteiger partial charge in [-0.05, 0) is 31.0 Å². The van der Waals surface area contributed by atoms with E-state index in [0.717, 1.165) is 24.2 Å². The maximum atomic E-state index is 13.4. The van der Waals surface area contributed by atoms with Crippen molar-refractivity contribution < 1.29 is 22.8 Å². The summed E-state index contributed by atoms with van der Waals surface area (Å²) >= 11 is 0. The van der Waals surface area contributed by atoms with Crippen molar-refractivity contribution >= 4 is 17.5 Å². The molecule has 0 aliphatic carbocycles. The monoisotopic (exact) mass is 392 g/mol. The van der Waals surface area contributed by atoms with Crippen LogP contribution in [0.15, 0.2) is 18.3 Å². The Morgan fingerprint density at radius 2 is 1.96 bits per heavy atom. The number of anilines is 1. The molecule has 1 atom stereocenters. The van der Waals surface area contributed by atoms with Crippen molar-refractivity contribution in [2.75, 3.05) is 11.4 Å². The molecule has 0 saturated carbocycles. The summed E-state index contributed by atoms with van der Waals surface area (Å²) in [6, 6.07) is 1.49. The number of carbonyl (C=O) groups is 2. The van der Waals surface area contributed by atoms with Gasteiger partial charge in [0, 0.05) is 19.0 Å². The van der Waals surface area contributed by atoms with Gasteiger partial charge in [-0.2, -0.15) is 5.10 Å². The molecule has 2 aliphatic rings. The molecule has 2 aromatic rings. The second kappa shape index (κ2) is 6.96. The first-order valence-electron chi connectivity index (χ1n) is 9.13. The van der Waals surface area contributed by atoms with Gasteiger partial charge in [-0.25, -0.2) is 13.2 Å². The lowest BCUT2D eigenvalue weighted by atomic mass is 10.1. The first kappa shape index (κ1) is 18.5. The Bertz CT molecular complexity index is 936. The largest absolute Gasteiger partial charge is 0.332 e. The molecule has 0 unspecified atom stereocenters. The van der Waals surface area contributed by atoms with Crippen LogP contribution in [0.2, 0.25) is 0 Å². The fraction of sp³-hybridized carbons (Fsp3) is 0.421. The van der Waals surface area contributed by atoms with Gasteiger partial charge in [0.15, 0.2) is 17.5 Å². The molecular weight excluding hydrogens is 373 g/mol. The Balaban J connectivity index is 1.56. The van der Waals surface area contributed by atoms with Crippen molar-refractivity contribution in [2.45, 2.75) is 45.3 Å². The highest BCUT2D eigenvalue weighted by Gasteiger charge is 2.33. The van der Waals surface area contributed by atoms with Gasteiger partial charge in [-0.1, -0.05) is 0 Å². The zero-order valence-electron chi connectivity index (χ0n) is 15.3. The lowest BCUT2D eigenvalue weighted by Crippen LogP contribution is -2.46. The lowest BCUT2D eigenvalue weighted by molar-refractivity contribution is -0.134. The normalized spacial score (nSPS) is 19.3. The summed E-state index contributed by atoms with van der Waals surface area (Å²) in [4.78, 5) is 28.1. The average Bonchev–Trinajstić information content (AvgIpc) is 3.24. The van der Waals surface area contributed by atoms with Gasteiger partial charge >= 0.3 is 0 Å². The van der Waals surface area contributed by atoms with E-state index in [1.54, 1.807) is 20.7 Å². The van der Waals surface area contributed by atoms with Gasteiger partial charge in [-0.3, -0.25) is 14.3 Å². The molecule has 0 bridgehead atoms. The lowest BCUT2D eigenvalue weighted by Gasteiger charge is -2.35. The predicted molar refractivity (Wildman–Crippen MR) is 93.8 cm³/mol. The third-order valence-electron chi connectivity index (χ3n) is 5.30. The Hall–Kier alpha value is -2.84. The summed E-state index contributed by atoms with van der Waals surface area (Å²) in [5.74, 6) is -4.48. The van der Waals surface area contributed by atoms with Crippen molar-refractivity contribution in [2.24, 2.45) is 0 Å². The van der Waals surface area contributed by atoms with Crippen LogP contribution >= 0.6 is 0 Å². The minimum Gasteiger partial charge on any atom is -0.332 e. The molecule has 0 radical (unpaired) electrons. The van der Waals surface area contributed by atoms with Crippen LogP contribution in [-0.2, 0) is 29.1 Å². The van der Waals surface area contributed by atoms with Gasteiger partial charge in [0.1, 0.15) is 0 Å². The number of carbonyl (C=O) groups excluding carboxylic acids is 2. The second-order valence-electron chi connectivity index (χ2n) is 7.23. The van der Waals surface area contributed by atoms with Crippen LogP contribution in [0.1, 0.15) is 31.0 Å². The first-order valence-corrected chi connectivity index (χ1v) is 9.13. The van der Waals surface area contributed by atoms with Crippen molar-refractivity contribution in [1.29, 1.82) is 0 Å². The average molecular weight is 392 g/mol. The van der Waals surface area contributed by atoms with E-state index in [-0.39, 0.29) is 36.4 Å². The van der Waals surface area contributed by atoms with Gasteiger partial charge in [0.2, 0.25) is 11.8 Å². The zero-order valence-corrected chi connectivity index (χ0v) is 15.3. The highest BCUT2D eigenvalue weighted by atomic mass is 19.2. The summed E-state index contributed by atoms with van der Waals surface area (Å²) in [5.41, 5.74) is 1.53. The summed E-state index contributed by atoms with van der Waals surface area (Å²) in [5, 5.41) is 4.34. The van der Waals surface area contributed by atoms with E-state index in [4.69, 9.17) is 0 Å². The van der Waals surface area contributed by atoms with E-state index in [1.165, 1.54) is 0 Å². The van der Waals surface area contributed by atoms with Crippen LogP contribution in [0.5, 0.6) is 0 Å². The molecule has 148 valence electrons. The Labute approximate surface area is 159 Å². The van der Waals surface area contributed by atoms with Crippen LogP contribution in [0.25, 0.3) is 0 Å². The maximum absolute atomic E-state index is 13.4. The standard InChI is InChI=1S/C19H19F3N4O2/c1-11-9-26-16(15(8-23-26)24-4-2-3-17(24)27)10-25(11)18(28)7-12-5-13(20)19(22)14(21)6-12/h5-6,8,11H,2-4,7,9-10H2,1H3/t11-/m0/s1. The molecule has 0 N–H and O–H groups in total. The summed E-state index contributed by atoms with van der Waals surface area (Å²) in [7, 11) is 0. The fourth-order valence-electron chi connectivity index (χ4n) is 3.84. The number of benzene rings is 1. The molecule has 1 aromatic heterocycles. The van der Waals surface area contributed by atoms with Crippen molar-refractivity contribution in [3.63, 3.8) is 0 Å². The number of fused-ring (bicyclic) bond motifs is 1. The maximum Gasteiger partial charge on any atom is 0.227 e. The van der Waals surface area contributed by atoms with E-state index in [1.807, 2.05) is 6.92 Å². The quantitative estimate of drug-likeness (QED) is 0.754. The van der Waals surface area contributed by atoms with E-state index >= 15 is 0 Å². The number of halogens is 3. The SMILES string of the molecule is C[C@H]1Cn2ncc(N3CCCC3=O)c2CN1C(=O)Cc1cc(F)c(F)c(F)c1. The molecule has 4 rings (SSSR count). The number of nitrogens with zero attached hydrogens (tertiary/aromatic N) is 4. The molecule has 28 heavy (non-hydrogen) atoms. The van der Waals surface area contributed by atoms with Crippen LogP contribution in [0.3, 0.4) is 0 Å². The minimum absolute atomic E-state index is 0.0320. The summed E-state index contributed by atoms with van der Waals surface area (Å²) in [6.07, 6.45) is 2.67. The Morgan fingerprint density at radius 1 is 1.25 bits per heavy atom. The van der Waals surface area contributed by atoms with Gasteiger partial charge in [-0.15, -0.1) is 0 Å². The Morgan fingerprint density at radius 3 is 2.61 bits per heavy atom. The smallest absolute Gasteiger partial charge is 0.227 e. The van der Waals surface area contributed by atoms with Crippen LogP contribution in [0, 0.1) is 17.5 Å². The number of aromatic nitrogens is 2. The number of hydrogen-bond acceptors (Lipinski definition) is 3. The van der Waals surface area contributed by atoms with Gasteiger partial charge in [0.05, 0.1) is 37.1 Å². The molecule has 1 fully saturated rings. The van der Waals surface area contributed by atoms with E-state index in [0.29, 0.717) is 25.2 Å². The molecular formula is C19H19F3N4O2. The molecule has 2 aliphatic heterocycles. The highest BCUT2D eigenvalue weighted by Crippen LogP contribution is 2.30. The third-order valence-corrected chi connectivity index (χ3v) is 5.30. The Kier molecular flexibility index (Phi) is 4.60.